The largest absolute Gasteiger partial charge is 0.450 e. The molecule has 5 nitrogen and oxygen atoms in total. The highest BCUT2D eigenvalue weighted by Gasteiger charge is 2.22. The lowest BCUT2D eigenvalue weighted by atomic mass is 9.98. The highest BCUT2D eigenvalue weighted by molar-refractivity contribution is 5.92. The van der Waals surface area contributed by atoms with Crippen molar-refractivity contribution in [3.05, 3.63) is 35.0 Å². The van der Waals surface area contributed by atoms with Crippen LogP contribution in [0.3, 0.4) is 0 Å². The molecule has 0 unspecified atom stereocenters. The zero-order chi connectivity index (χ0) is 15.7. The van der Waals surface area contributed by atoms with E-state index >= 15 is 0 Å². The lowest BCUT2D eigenvalue weighted by Crippen LogP contribution is -2.33. The maximum atomic E-state index is 11.9. The Labute approximate surface area is 130 Å². The minimum atomic E-state index is -0.239. The molecule has 1 aliphatic rings. The molecule has 0 bridgehead atoms. The molecule has 2 N–H and O–H groups in total. The Balaban J connectivity index is 1.99. The first-order valence-electron chi connectivity index (χ1n) is 7.70. The normalized spacial score (nSPS) is 14.5. The van der Waals surface area contributed by atoms with E-state index in [0.29, 0.717) is 25.4 Å². The van der Waals surface area contributed by atoms with E-state index in [-0.39, 0.29) is 6.09 Å². The Hall–Kier alpha value is -2.30. The van der Waals surface area contributed by atoms with Gasteiger partial charge in [0.1, 0.15) is 0 Å². The molecule has 2 heterocycles. The topological polar surface area (TPSA) is 68.5 Å². The average Bonchev–Trinajstić information content (AvgIpc) is 2.72. The molecule has 5 heteroatoms. The zero-order valence-corrected chi connectivity index (χ0v) is 13.1. The monoisotopic (exact) mass is 299 g/mol. The van der Waals surface area contributed by atoms with Crippen molar-refractivity contribution in [3.8, 4) is 0 Å². The minimum Gasteiger partial charge on any atom is -0.450 e. The van der Waals surface area contributed by atoms with Gasteiger partial charge in [0.2, 0.25) is 0 Å². The second-order valence-corrected chi connectivity index (χ2v) is 5.59. The third kappa shape index (κ3) is 2.47. The van der Waals surface area contributed by atoms with Crippen LogP contribution in [0.15, 0.2) is 18.2 Å². The van der Waals surface area contributed by atoms with Crippen molar-refractivity contribution < 1.29 is 9.53 Å². The molecule has 1 aromatic heterocycles. The summed E-state index contributed by atoms with van der Waals surface area (Å²) in [7, 11) is 0. The first kappa shape index (κ1) is 14.6. The van der Waals surface area contributed by atoms with Crippen LogP contribution in [0.25, 0.3) is 10.9 Å². The van der Waals surface area contributed by atoms with Gasteiger partial charge in [-0.05, 0) is 37.5 Å². The number of ether oxygens (including phenoxy) is 1. The van der Waals surface area contributed by atoms with Gasteiger partial charge in [0.15, 0.2) is 0 Å². The lowest BCUT2D eigenvalue weighted by molar-refractivity contribution is 0.109. The van der Waals surface area contributed by atoms with Crippen molar-refractivity contribution in [1.29, 1.82) is 0 Å². The maximum absolute atomic E-state index is 11.9. The molecule has 0 saturated carbocycles. The maximum Gasteiger partial charge on any atom is 0.409 e. The number of anilines is 1. The molecule has 0 atom stereocenters. The molecule has 2 aromatic rings. The Morgan fingerprint density at radius 2 is 2.14 bits per heavy atom. The zero-order valence-electron chi connectivity index (χ0n) is 13.1. The van der Waals surface area contributed by atoms with Crippen LogP contribution in [-0.4, -0.2) is 35.7 Å². The number of rotatable bonds is 1. The standard InChI is InChI=1S/C17H21N3O2/c1-3-22-17(21)20-9-7-12-11(2)13-5-4-6-14(18)16(13)19-15(12)8-10-20/h4-6H,3,7-10,18H2,1-2H3. The number of aryl methyl sites for hydroxylation is 1. The van der Waals surface area contributed by atoms with Gasteiger partial charge in [-0.15, -0.1) is 0 Å². The molecule has 22 heavy (non-hydrogen) atoms. The number of aromatic nitrogens is 1. The van der Waals surface area contributed by atoms with Crippen molar-refractivity contribution in [2.75, 3.05) is 25.4 Å². The van der Waals surface area contributed by atoms with Crippen LogP contribution in [0.2, 0.25) is 0 Å². The van der Waals surface area contributed by atoms with E-state index in [2.05, 4.69) is 13.0 Å². The summed E-state index contributed by atoms with van der Waals surface area (Å²) in [6.45, 7) is 5.65. The summed E-state index contributed by atoms with van der Waals surface area (Å²) in [6.07, 6.45) is 1.30. The molecule has 0 saturated heterocycles. The fourth-order valence-corrected chi connectivity index (χ4v) is 3.11. The van der Waals surface area contributed by atoms with Gasteiger partial charge >= 0.3 is 6.09 Å². The fourth-order valence-electron chi connectivity index (χ4n) is 3.11. The molecule has 1 aromatic carbocycles. The molecule has 0 spiro atoms. The molecule has 0 fully saturated rings. The minimum absolute atomic E-state index is 0.239. The van der Waals surface area contributed by atoms with Crippen molar-refractivity contribution in [2.24, 2.45) is 0 Å². The van der Waals surface area contributed by atoms with Crippen LogP contribution in [-0.2, 0) is 17.6 Å². The molecule has 0 radical (unpaired) electrons. The van der Waals surface area contributed by atoms with Gasteiger partial charge in [-0.25, -0.2) is 4.79 Å². The number of fused-ring (bicyclic) bond motifs is 2. The number of hydrogen-bond donors (Lipinski definition) is 1. The molecule has 1 aliphatic heterocycles. The van der Waals surface area contributed by atoms with Crippen LogP contribution >= 0.6 is 0 Å². The summed E-state index contributed by atoms with van der Waals surface area (Å²) < 4.78 is 5.11. The van der Waals surface area contributed by atoms with Gasteiger partial charge in [-0.3, -0.25) is 4.98 Å². The number of nitrogens with two attached hydrogens (primary N) is 1. The summed E-state index contributed by atoms with van der Waals surface area (Å²) in [4.78, 5) is 18.5. The number of benzene rings is 1. The summed E-state index contributed by atoms with van der Waals surface area (Å²) >= 11 is 0. The number of carbonyl (C=O) groups is 1. The highest BCUT2D eigenvalue weighted by atomic mass is 16.6. The van der Waals surface area contributed by atoms with Crippen LogP contribution in [0.5, 0.6) is 0 Å². The van der Waals surface area contributed by atoms with E-state index in [4.69, 9.17) is 15.5 Å². The number of hydrogen-bond acceptors (Lipinski definition) is 4. The summed E-state index contributed by atoms with van der Waals surface area (Å²) in [5, 5.41) is 1.10. The third-order valence-electron chi connectivity index (χ3n) is 4.30. The Kier molecular flexibility index (Phi) is 3.88. The quantitative estimate of drug-likeness (QED) is 0.822. The van der Waals surface area contributed by atoms with Gasteiger partial charge < -0.3 is 15.4 Å². The molecule has 116 valence electrons. The number of amides is 1. The smallest absolute Gasteiger partial charge is 0.409 e. The van der Waals surface area contributed by atoms with Crippen molar-refractivity contribution in [3.63, 3.8) is 0 Å². The first-order chi connectivity index (χ1) is 10.6. The summed E-state index contributed by atoms with van der Waals surface area (Å²) in [6, 6.07) is 5.89. The van der Waals surface area contributed by atoms with E-state index in [1.54, 1.807) is 4.90 Å². The van der Waals surface area contributed by atoms with E-state index in [9.17, 15) is 4.79 Å². The predicted molar refractivity (Wildman–Crippen MR) is 86.9 cm³/mol. The van der Waals surface area contributed by atoms with Gasteiger partial charge in [0.05, 0.1) is 17.8 Å². The number of para-hydroxylation sites is 1. The Morgan fingerprint density at radius 1 is 1.36 bits per heavy atom. The van der Waals surface area contributed by atoms with E-state index in [0.717, 1.165) is 29.4 Å². The molecule has 0 aliphatic carbocycles. The van der Waals surface area contributed by atoms with Gasteiger partial charge in [0.25, 0.3) is 0 Å². The van der Waals surface area contributed by atoms with Gasteiger partial charge in [-0.2, -0.15) is 0 Å². The number of nitrogens with zero attached hydrogens (tertiary/aromatic N) is 2. The van der Waals surface area contributed by atoms with Crippen molar-refractivity contribution in [2.45, 2.75) is 26.7 Å². The number of carbonyl (C=O) groups excluding carboxylic acids is 1. The Bertz CT molecular complexity index is 727. The summed E-state index contributed by atoms with van der Waals surface area (Å²) in [5.41, 5.74) is 11.1. The number of nitrogen functional groups attached to an aromatic ring is 1. The van der Waals surface area contributed by atoms with Gasteiger partial charge in [-0.1, -0.05) is 12.1 Å². The molecular formula is C17H21N3O2. The van der Waals surface area contributed by atoms with E-state index in [1.807, 2.05) is 19.1 Å². The highest BCUT2D eigenvalue weighted by Crippen LogP contribution is 2.28. The van der Waals surface area contributed by atoms with Crippen molar-refractivity contribution >= 4 is 22.7 Å². The van der Waals surface area contributed by atoms with E-state index < -0.39 is 0 Å². The average molecular weight is 299 g/mol. The van der Waals surface area contributed by atoms with Crippen molar-refractivity contribution in [1.82, 2.24) is 9.88 Å². The summed E-state index contributed by atoms with van der Waals surface area (Å²) in [5.74, 6) is 0. The van der Waals surface area contributed by atoms with Crippen LogP contribution < -0.4 is 5.73 Å². The van der Waals surface area contributed by atoms with Crippen LogP contribution in [0, 0.1) is 6.92 Å². The SMILES string of the molecule is CCOC(=O)N1CCc2nc3c(N)cccc3c(C)c2CC1. The molecular weight excluding hydrogens is 278 g/mol. The molecule has 3 rings (SSSR count). The van der Waals surface area contributed by atoms with Crippen LogP contribution in [0.1, 0.15) is 23.7 Å². The van der Waals surface area contributed by atoms with Crippen LogP contribution in [0.4, 0.5) is 10.5 Å². The molecule has 1 amide bonds. The second kappa shape index (κ2) is 5.83. The fraction of sp³-hybridized carbons (Fsp3) is 0.412. The van der Waals surface area contributed by atoms with Gasteiger partial charge in [0, 0.05) is 30.6 Å². The third-order valence-corrected chi connectivity index (χ3v) is 4.30. The predicted octanol–water partition coefficient (Wildman–Crippen LogP) is 2.68. The lowest BCUT2D eigenvalue weighted by Gasteiger charge is -2.18. The van der Waals surface area contributed by atoms with E-state index in [1.165, 1.54) is 11.1 Å². The first-order valence-corrected chi connectivity index (χ1v) is 7.70. The number of pyridine rings is 1. The Morgan fingerprint density at radius 3 is 2.91 bits per heavy atom. The second-order valence-electron chi connectivity index (χ2n) is 5.59.